The predicted octanol–water partition coefficient (Wildman–Crippen LogP) is 0.776. The standard InChI is InChI=1S/C19H34N4O2/c1-14-10-15(2)12-23(11-14)19(25)16(3)22-8-6-21(7-9-22)13-18(24)20-17-4-5-17/h14-17H,4-13H2,1-3H3,(H,20,24)/t14-,15+,16-/m0/s1. The van der Waals surface area contributed by atoms with Gasteiger partial charge in [0.2, 0.25) is 11.8 Å². The zero-order valence-corrected chi connectivity index (χ0v) is 16.0. The molecule has 6 heteroatoms. The Kier molecular flexibility index (Phi) is 6.00. The molecule has 3 atom stereocenters. The zero-order valence-electron chi connectivity index (χ0n) is 16.0. The Morgan fingerprint density at radius 1 is 1.04 bits per heavy atom. The Labute approximate surface area is 151 Å². The van der Waals surface area contributed by atoms with Crippen molar-refractivity contribution in [3.8, 4) is 0 Å². The molecule has 0 aromatic heterocycles. The highest BCUT2D eigenvalue weighted by Crippen LogP contribution is 2.22. The Bertz CT molecular complexity index is 476. The van der Waals surface area contributed by atoms with Gasteiger partial charge in [0, 0.05) is 45.3 Å². The molecular weight excluding hydrogens is 316 g/mol. The molecule has 1 saturated carbocycles. The first kappa shape index (κ1) is 18.6. The van der Waals surface area contributed by atoms with Crippen LogP contribution in [0.4, 0.5) is 0 Å². The summed E-state index contributed by atoms with van der Waals surface area (Å²) in [6.07, 6.45) is 3.49. The SMILES string of the molecule is C[C@@H]1C[C@H](C)CN(C(=O)[C@H](C)N2CCN(CC(=O)NC3CC3)CC2)C1. The van der Waals surface area contributed by atoms with Gasteiger partial charge in [-0.1, -0.05) is 13.8 Å². The van der Waals surface area contributed by atoms with E-state index in [0.29, 0.717) is 24.4 Å². The molecule has 0 aromatic rings. The van der Waals surface area contributed by atoms with E-state index in [4.69, 9.17) is 0 Å². The Morgan fingerprint density at radius 3 is 2.20 bits per heavy atom. The van der Waals surface area contributed by atoms with Crippen LogP contribution < -0.4 is 5.32 Å². The molecule has 142 valence electrons. The third-order valence-electron chi connectivity index (χ3n) is 5.80. The van der Waals surface area contributed by atoms with E-state index in [9.17, 15) is 9.59 Å². The lowest BCUT2D eigenvalue weighted by atomic mass is 9.91. The number of hydrogen-bond donors (Lipinski definition) is 1. The number of likely N-dealkylation sites (tertiary alicyclic amines) is 1. The van der Waals surface area contributed by atoms with Gasteiger partial charge in [0.15, 0.2) is 0 Å². The number of amides is 2. The van der Waals surface area contributed by atoms with Gasteiger partial charge in [-0.3, -0.25) is 19.4 Å². The van der Waals surface area contributed by atoms with Crippen molar-refractivity contribution in [1.29, 1.82) is 0 Å². The number of rotatable bonds is 5. The van der Waals surface area contributed by atoms with Gasteiger partial charge in [-0.05, 0) is 38.0 Å². The maximum atomic E-state index is 12.9. The number of carbonyl (C=O) groups is 2. The molecule has 2 aliphatic heterocycles. The molecule has 2 heterocycles. The van der Waals surface area contributed by atoms with E-state index in [0.717, 1.165) is 52.1 Å². The molecule has 0 bridgehead atoms. The second kappa shape index (κ2) is 8.04. The fourth-order valence-corrected chi connectivity index (χ4v) is 4.28. The topological polar surface area (TPSA) is 55.9 Å². The molecule has 2 amide bonds. The molecule has 2 saturated heterocycles. The van der Waals surface area contributed by atoms with Crippen LogP contribution in [-0.4, -0.2) is 84.4 Å². The molecule has 0 radical (unpaired) electrons. The summed E-state index contributed by atoms with van der Waals surface area (Å²) in [6, 6.07) is 0.376. The minimum absolute atomic E-state index is 0.0556. The van der Waals surface area contributed by atoms with E-state index in [2.05, 4.69) is 33.9 Å². The van der Waals surface area contributed by atoms with Crippen LogP contribution in [0.5, 0.6) is 0 Å². The lowest BCUT2D eigenvalue weighted by Gasteiger charge is -2.41. The summed E-state index contributed by atoms with van der Waals surface area (Å²) in [5, 5.41) is 3.05. The molecule has 25 heavy (non-hydrogen) atoms. The average Bonchev–Trinajstić information content (AvgIpc) is 3.37. The molecule has 6 nitrogen and oxygen atoms in total. The number of carbonyl (C=O) groups excluding carboxylic acids is 2. The summed E-state index contributed by atoms with van der Waals surface area (Å²) < 4.78 is 0. The van der Waals surface area contributed by atoms with Crippen LogP contribution in [0.25, 0.3) is 0 Å². The minimum atomic E-state index is -0.0556. The molecule has 3 aliphatic rings. The van der Waals surface area contributed by atoms with E-state index >= 15 is 0 Å². The van der Waals surface area contributed by atoms with E-state index in [1.54, 1.807) is 0 Å². The summed E-state index contributed by atoms with van der Waals surface area (Å²) in [5.41, 5.74) is 0. The van der Waals surface area contributed by atoms with Gasteiger partial charge in [0.05, 0.1) is 12.6 Å². The van der Waals surface area contributed by atoms with E-state index < -0.39 is 0 Å². The van der Waals surface area contributed by atoms with E-state index in [-0.39, 0.29) is 17.9 Å². The molecule has 1 aliphatic carbocycles. The summed E-state index contributed by atoms with van der Waals surface area (Å²) in [4.78, 5) is 31.4. The molecule has 0 aromatic carbocycles. The smallest absolute Gasteiger partial charge is 0.239 e. The average molecular weight is 351 g/mol. The number of nitrogens with one attached hydrogen (secondary N) is 1. The lowest BCUT2D eigenvalue weighted by Crippen LogP contribution is -2.57. The van der Waals surface area contributed by atoms with Crippen molar-refractivity contribution in [3.63, 3.8) is 0 Å². The van der Waals surface area contributed by atoms with Crippen LogP contribution in [0.15, 0.2) is 0 Å². The molecule has 1 N–H and O–H groups in total. The maximum absolute atomic E-state index is 12.9. The van der Waals surface area contributed by atoms with Crippen LogP contribution >= 0.6 is 0 Å². The van der Waals surface area contributed by atoms with Crippen molar-refractivity contribution in [2.24, 2.45) is 11.8 Å². The van der Waals surface area contributed by atoms with Gasteiger partial charge >= 0.3 is 0 Å². The highest BCUT2D eigenvalue weighted by Gasteiger charge is 2.32. The third-order valence-corrected chi connectivity index (χ3v) is 5.80. The molecule has 3 fully saturated rings. The van der Waals surface area contributed by atoms with Gasteiger partial charge in [0.25, 0.3) is 0 Å². The van der Waals surface area contributed by atoms with Crippen LogP contribution in [0.1, 0.15) is 40.0 Å². The highest BCUT2D eigenvalue weighted by molar-refractivity contribution is 5.81. The van der Waals surface area contributed by atoms with E-state index in [1.165, 1.54) is 6.42 Å². The van der Waals surface area contributed by atoms with Crippen LogP contribution in [-0.2, 0) is 9.59 Å². The molecule has 0 spiro atoms. The van der Waals surface area contributed by atoms with Crippen molar-refractivity contribution < 1.29 is 9.59 Å². The summed E-state index contributed by atoms with van der Waals surface area (Å²) in [6.45, 7) is 12.3. The Hall–Kier alpha value is -1.14. The summed E-state index contributed by atoms with van der Waals surface area (Å²) in [5.74, 6) is 1.62. The van der Waals surface area contributed by atoms with Gasteiger partial charge in [-0.15, -0.1) is 0 Å². The number of hydrogen-bond acceptors (Lipinski definition) is 4. The second-order valence-electron chi connectivity index (χ2n) is 8.52. The fourth-order valence-electron chi connectivity index (χ4n) is 4.28. The van der Waals surface area contributed by atoms with E-state index in [1.807, 2.05) is 6.92 Å². The normalized spacial score (nSPS) is 30.1. The van der Waals surface area contributed by atoms with Crippen molar-refractivity contribution in [1.82, 2.24) is 20.0 Å². The lowest BCUT2D eigenvalue weighted by molar-refractivity contribution is -0.140. The first-order chi connectivity index (χ1) is 11.9. The molecule has 3 rings (SSSR count). The van der Waals surface area contributed by atoms with Crippen LogP contribution in [0.3, 0.4) is 0 Å². The number of nitrogens with zero attached hydrogens (tertiary/aromatic N) is 3. The first-order valence-electron chi connectivity index (χ1n) is 9.97. The fraction of sp³-hybridized carbons (Fsp3) is 0.895. The van der Waals surface area contributed by atoms with Gasteiger partial charge in [-0.25, -0.2) is 0 Å². The van der Waals surface area contributed by atoms with Gasteiger partial charge in [-0.2, -0.15) is 0 Å². The summed E-state index contributed by atoms with van der Waals surface area (Å²) >= 11 is 0. The third kappa shape index (κ3) is 5.17. The second-order valence-corrected chi connectivity index (χ2v) is 8.52. The zero-order chi connectivity index (χ0) is 18.0. The highest BCUT2D eigenvalue weighted by atomic mass is 16.2. The molecule has 0 unspecified atom stereocenters. The predicted molar refractivity (Wildman–Crippen MR) is 98.2 cm³/mol. The minimum Gasteiger partial charge on any atom is -0.352 e. The summed E-state index contributed by atoms with van der Waals surface area (Å²) in [7, 11) is 0. The van der Waals surface area contributed by atoms with Crippen molar-refractivity contribution in [2.75, 3.05) is 45.8 Å². The Morgan fingerprint density at radius 2 is 1.64 bits per heavy atom. The van der Waals surface area contributed by atoms with Crippen molar-refractivity contribution in [2.45, 2.75) is 52.1 Å². The van der Waals surface area contributed by atoms with Crippen LogP contribution in [0.2, 0.25) is 0 Å². The van der Waals surface area contributed by atoms with Gasteiger partial charge in [0.1, 0.15) is 0 Å². The largest absolute Gasteiger partial charge is 0.352 e. The molecular formula is C19H34N4O2. The van der Waals surface area contributed by atoms with Crippen LogP contribution in [0, 0.1) is 11.8 Å². The van der Waals surface area contributed by atoms with Gasteiger partial charge < -0.3 is 10.2 Å². The van der Waals surface area contributed by atoms with Crippen molar-refractivity contribution >= 4 is 11.8 Å². The number of piperazine rings is 1. The number of piperidine rings is 1. The maximum Gasteiger partial charge on any atom is 0.239 e. The monoisotopic (exact) mass is 350 g/mol. The van der Waals surface area contributed by atoms with Crippen molar-refractivity contribution in [3.05, 3.63) is 0 Å². The Balaban J connectivity index is 1.43. The quantitative estimate of drug-likeness (QED) is 0.796. The first-order valence-corrected chi connectivity index (χ1v) is 9.97.